The number of rotatable bonds is 0. The van der Waals surface area contributed by atoms with Crippen molar-refractivity contribution in [3.63, 3.8) is 0 Å². The zero-order valence-corrected chi connectivity index (χ0v) is 8.70. The van der Waals surface area contributed by atoms with Crippen LogP contribution in [-0.2, 0) is 0 Å². The largest absolute Gasteiger partial charge is 0.157 e. The predicted molar refractivity (Wildman–Crippen MR) is 56.8 cm³/mol. The summed E-state index contributed by atoms with van der Waals surface area (Å²) in [7, 11) is 0. The summed E-state index contributed by atoms with van der Waals surface area (Å²) in [6, 6.07) is 5.34. The third kappa shape index (κ3) is 2.02. The van der Waals surface area contributed by atoms with Crippen LogP contribution >= 0.6 is 35.6 Å². The fraction of sp³-hybridized carbons (Fsp3) is 0. The highest BCUT2D eigenvalue weighted by molar-refractivity contribution is 6.36. The Balaban J connectivity index is 0.000000845. The topological polar surface area (TPSA) is 25.8 Å². The van der Waals surface area contributed by atoms with Gasteiger partial charge in [0.1, 0.15) is 0 Å². The van der Waals surface area contributed by atoms with Crippen molar-refractivity contribution in [1.29, 1.82) is 0 Å². The Kier molecular flexibility index (Phi) is 3.31. The molecule has 0 fully saturated rings. The molecule has 0 spiro atoms. The second-order valence-corrected chi connectivity index (χ2v) is 3.20. The van der Waals surface area contributed by atoms with Gasteiger partial charge in [-0.15, -0.1) is 12.4 Å². The molecule has 1 heterocycles. The number of aromatic nitrogens is 2. The molecular weight excluding hydrogens is 230 g/mol. The van der Waals surface area contributed by atoms with Gasteiger partial charge < -0.3 is 0 Å². The lowest BCUT2D eigenvalue weighted by molar-refractivity contribution is 1.08. The van der Waals surface area contributed by atoms with E-state index in [-0.39, 0.29) is 12.4 Å². The highest BCUT2D eigenvalue weighted by Gasteiger charge is 1.99. The smallest absolute Gasteiger partial charge is 0.0959 e. The lowest BCUT2D eigenvalue weighted by Gasteiger charge is -1.97. The molecule has 68 valence electrons. The minimum absolute atomic E-state index is 0. The van der Waals surface area contributed by atoms with E-state index in [1.54, 1.807) is 12.1 Å². The van der Waals surface area contributed by atoms with Crippen LogP contribution in [0.15, 0.2) is 24.4 Å². The Morgan fingerprint density at radius 1 is 1.15 bits per heavy atom. The molecule has 0 N–H and O–H groups in total. The number of hydrogen-bond donors (Lipinski definition) is 0. The Morgan fingerprint density at radius 2 is 1.92 bits per heavy atom. The van der Waals surface area contributed by atoms with Gasteiger partial charge in [0.15, 0.2) is 0 Å². The molecule has 0 aliphatic rings. The van der Waals surface area contributed by atoms with Crippen LogP contribution in [0.25, 0.3) is 10.9 Å². The first-order chi connectivity index (χ1) is 5.77. The summed E-state index contributed by atoms with van der Waals surface area (Å²) in [6.45, 7) is 0. The van der Waals surface area contributed by atoms with Crippen molar-refractivity contribution in [2.75, 3.05) is 0 Å². The molecule has 0 radical (unpaired) electrons. The Labute approximate surface area is 91.3 Å². The summed E-state index contributed by atoms with van der Waals surface area (Å²) >= 11 is 11.6. The molecule has 2 rings (SSSR count). The molecule has 0 saturated carbocycles. The second-order valence-electron chi connectivity index (χ2n) is 2.35. The average Bonchev–Trinajstić information content (AvgIpc) is 2.04. The van der Waals surface area contributed by atoms with Crippen molar-refractivity contribution in [2.24, 2.45) is 0 Å². The first kappa shape index (κ1) is 10.5. The highest BCUT2D eigenvalue weighted by Crippen LogP contribution is 2.22. The van der Waals surface area contributed by atoms with Gasteiger partial charge >= 0.3 is 0 Å². The van der Waals surface area contributed by atoms with Gasteiger partial charge in [-0.3, -0.25) is 0 Å². The van der Waals surface area contributed by atoms with E-state index in [1.165, 1.54) is 6.20 Å². The van der Waals surface area contributed by atoms with Crippen molar-refractivity contribution in [2.45, 2.75) is 0 Å². The van der Waals surface area contributed by atoms with Crippen LogP contribution in [0.4, 0.5) is 0 Å². The van der Waals surface area contributed by atoms with Crippen molar-refractivity contribution in [1.82, 2.24) is 10.2 Å². The molecule has 1 aromatic heterocycles. The number of halogens is 3. The van der Waals surface area contributed by atoms with Crippen LogP contribution < -0.4 is 0 Å². The molecule has 0 bridgehead atoms. The summed E-state index contributed by atoms with van der Waals surface area (Å²) in [4.78, 5) is 0. The van der Waals surface area contributed by atoms with Gasteiger partial charge in [-0.05, 0) is 18.2 Å². The molecule has 1 aromatic carbocycles. The first-order valence-corrected chi connectivity index (χ1v) is 4.09. The molecule has 0 atom stereocenters. The summed E-state index contributed by atoms with van der Waals surface area (Å²) < 4.78 is 0. The van der Waals surface area contributed by atoms with Gasteiger partial charge in [0.05, 0.1) is 16.7 Å². The molecule has 2 aromatic rings. The maximum Gasteiger partial charge on any atom is 0.0959 e. The summed E-state index contributed by atoms with van der Waals surface area (Å²) in [5.74, 6) is 0. The quantitative estimate of drug-likeness (QED) is 0.700. The molecule has 0 aliphatic heterocycles. The average molecular weight is 236 g/mol. The van der Waals surface area contributed by atoms with Gasteiger partial charge in [0, 0.05) is 10.4 Å². The Bertz CT molecular complexity index is 431. The molecule has 0 unspecified atom stereocenters. The van der Waals surface area contributed by atoms with Gasteiger partial charge in [0.2, 0.25) is 0 Å². The summed E-state index contributed by atoms with van der Waals surface area (Å²) in [5.41, 5.74) is 0.718. The van der Waals surface area contributed by atoms with Crippen LogP contribution in [0, 0.1) is 0 Å². The van der Waals surface area contributed by atoms with Crippen LogP contribution in [0.1, 0.15) is 0 Å². The summed E-state index contributed by atoms with van der Waals surface area (Å²) in [5, 5.41) is 9.70. The standard InChI is InChI=1S/C8H4Cl2N2.ClH/c9-5-1-2-6-7(10)4-11-12-8(6)3-5;/h1-4H;1H. The third-order valence-corrected chi connectivity index (χ3v) is 2.09. The maximum atomic E-state index is 5.86. The SMILES string of the molecule is Cl.Clc1ccc2c(Cl)cnnc2c1. The van der Waals surface area contributed by atoms with Crippen LogP contribution in [-0.4, -0.2) is 10.2 Å². The van der Waals surface area contributed by atoms with E-state index in [9.17, 15) is 0 Å². The normalized spacial score (nSPS) is 9.69. The number of benzene rings is 1. The van der Waals surface area contributed by atoms with Crippen molar-refractivity contribution in [3.05, 3.63) is 34.4 Å². The van der Waals surface area contributed by atoms with Crippen molar-refractivity contribution < 1.29 is 0 Å². The van der Waals surface area contributed by atoms with Crippen LogP contribution in [0.3, 0.4) is 0 Å². The Morgan fingerprint density at radius 3 is 2.69 bits per heavy atom. The maximum absolute atomic E-state index is 5.86. The summed E-state index contributed by atoms with van der Waals surface area (Å²) in [6.07, 6.45) is 1.51. The van der Waals surface area contributed by atoms with E-state index < -0.39 is 0 Å². The van der Waals surface area contributed by atoms with E-state index in [2.05, 4.69) is 10.2 Å². The number of nitrogens with zero attached hydrogens (tertiary/aromatic N) is 2. The van der Waals surface area contributed by atoms with E-state index in [1.807, 2.05) is 6.07 Å². The van der Waals surface area contributed by atoms with Gasteiger partial charge in [-0.2, -0.15) is 10.2 Å². The van der Waals surface area contributed by atoms with E-state index in [4.69, 9.17) is 23.2 Å². The minimum atomic E-state index is 0. The second kappa shape index (κ2) is 4.09. The number of fused-ring (bicyclic) bond motifs is 1. The third-order valence-electron chi connectivity index (χ3n) is 1.55. The fourth-order valence-corrected chi connectivity index (χ4v) is 1.37. The van der Waals surface area contributed by atoms with Crippen LogP contribution in [0.2, 0.25) is 10.0 Å². The van der Waals surface area contributed by atoms with Crippen LogP contribution in [0.5, 0.6) is 0 Å². The highest BCUT2D eigenvalue weighted by atomic mass is 35.5. The number of hydrogen-bond acceptors (Lipinski definition) is 2. The molecule has 13 heavy (non-hydrogen) atoms. The molecule has 0 aliphatic carbocycles. The molecule has 0 saturated heterocycles. The van der Waals surface area contributed by atoms with E-state index >= 15 is 0 Å². The lowest BCUT2D eigenvalue weighted by Crippen LogP contribution is -1.83. The van der Waals surface area contributed by atoms with E-state index in [0.717, 1.165) is 10.9 Å². The van der Waals surface area contributed by atoms with Crippen molar-refractivity contribution >= 4 is 46.5 Å². The fourth-order valence-electron chi connectivity index (χ4n) is 1.00. The van der Waals surface area contributed by atoms with Gasteiger partial charge in [-0.25, -0.2) is 0 Å². The van der Waals surface area contributed by atoms with Crippen molar-refractivity contribution in [3.8, 4) is 0 Å². The van der Waals surface area contributed by atoms with E-state index in [0.29, 0.717) is 10.0 Å². The lowest BCUT2D eigenvalue weighted by atomic mass is 10.2. The molecule has 2 nitrogen and oxygen atoms in total. The molecule has 0 amide bonds. The van der Waals surface area contributed by atoms with Gasteiger partial charge in [0.25, 0.3) is 0 Å². The zero-order valence-electron chi connectivity index (χ0n) is 6.37. The monoisotopic (exact) mass is 234 g/mol. The van der Waals surface area contributed by atoms with Gasteiger partial charge in [-0.1, -0.05) is 23.2 Å². The first-order valence-electron chi connectivity index (χ1n) is 3.34. The molecular formula is C8H5Cl3N2. The Hall–Kier alpha value is -0.570. The zero-order chi connectivity index (χ0) is 8.55. The predicted octanol–water partition coefficient (Wildman–Crippen LogP) is 3.36. The molecule has 5 heteroatoms. The minimum Gasteiger partial charge on any atom is -0.157 e.